The zero-order chi connectivity index (χ0) is 9.97. The molecule has 2 rings (SSSR count). The first-order valence-corrected chi connectivity index (χ1v) is 5.46. The molecule has 1 amide bonds. The van der Waals surface area contributed by atoms with Crippen LogP contribution in [0.1, 0.15) is 12.8 Å². The lowest BCUT2D eigenvalue weighted by atomic mass is 10.1. The Morgan fingerprint density at radius 3 is 2.57 bits per heavy atom. The van der Waals surface area contributed by atoms with Crippen molar-refractivity contribution in [2.45, 2.75) is 18.9 Å². The molecule has 2 heterocycles. The van der Waals surface area contributed by atoms with Crippen LogP contribution in [-0.2, 0) is 4.79 Å². The van der Waals surface area contributed by atoms with Gasteiger partial charge in [0.25, 0.3) is 0 Å². The lowest BCUT2D eigenvalue weighted by Gasteiger charge is -2.35. The summed E-state index contributed by atoms with van der Waals surface area (Å²) in [6, 6.07) is 0.571. The van der Waals surface area contributed by atoms with Gasteiger partial charge in [-0.3, -0.25) is 9.69 Å². The average molecular weight is 197 g/mol. The molecule has 4 heteroatoms. The van der Waals surface area contributed by atoms with Crippen molar-refractivity contribution in [1.29, 1.82) is 0 Å². The first-order valence-electron chi connectivity index (χ1n) is 5.46. The molecule has 0 bridgehead atoms. The molecular formula is C10H19N3O. The molecule has 2 saturated heterocycles. The molecule has 80 valence electrons. The van der Waals surface area contributed by atoms with Crippen molar-refractivity contribution in [3.05, 3.63) is 0 Å². The summed E-state index contributed by atoms with van der Waals surface area (Å²) in [5, 5.41) is 3.22. The van der Waals surface area contributed by atoms with Gasteiger partial charge in [0.2, 0.25) is 5.91 Å². The number of likely N-dealkylation sites (N-methyl/N-ethyl adjacent to an activating group) is 1. The first-order chi connectivity index (χ1) is 6.77. The van der Waals surface area contributed by atoms with Crippen molar-refractivity contribution >= 4 is 5.91 Å². The lowest BCUT2D eigenvalue weighted by molar-refractivity contribution is -0.131. The standard InChI is InChI=1S/C10H19N3O/c1-12(9-6-11-7-9)8-10(14)13-4-2-3-5-13/h9,11H,2-8H2,1H3. The predicted molar refractivity (Wildman–Crippen MR) is 55.1 cm³/mol. The topological polar surface area (TPSA) is 35.6 Å². The van der Waals surface area contributed by atoms with Gasteiger partial charge in [0.15, 0.2) is 0 Å². The number of hydrogen-bond acceptors (Lipinski definition) is 3. The van der Waals surface area contributed by atoms with Crippen molar-refractivity contribution in [3.63, 3.8) is 0 Å². The summed E-state index contributed by atoms with van der Waals surface area (Å²) < 4.78 is 0. The smallest absolute Gasteiger partial charge is 0.236 e. The van der Waals surface area contributed by atoms with Gasteiger partial charge in [-0.2, -0.15) is 0 Å². The van der Waals surface area contributed by atoms with Gasteiger partial charge >= 0.3 is 0 Å². The van der Waals surface area contributed by atoms with E-state index in [9.17, 15) is 4.79 Å². The molecule has 4 nitrogen and oxygen atoms in total. The van der Waals surface area contributed by atoms with Crippen LogP contribution in [0.5, 0.6) is 0 Å². The van der Waals surface area contributed by atoms with Gasteiger partial charge in [0.05, 0.1) is 6.54 Å². The van der Waals surface area contributed by atoms with Gasteiger partial charge in [-0.15, -0.1) is 0 Å². The SMILES string of the molecule is CN(CC(=O)N1CCCC1)C1CNC1. The quantitative estimate of drug-likeness (QED) is 0.663. The summed E-state index contributed by atoms with van der Waals surface area (Å²) in [7, 11) is 2.04. The minimum atomic E-state index is 0.303. The van der Waals surface area contributed by atoms with Crippen LogP contribution in [0.3, 0.4) is 0 Å². The largest absolute Gasteiger partial charge is 0.342 e. The van der Waals surface area contributed by atoms with E-state index in [1.165, 1.54) is 12.8 Å². The molecule has 2 fully saturated rings. The summed E-state index contributed by atoms with van der Waals surface area (Å²) in [5.41, 5.74) is 0. The Balaban J connectivity index is 1.75. The predicted octanol–water partition coefficient (Wildman–Crippen LogP) is -0.488. The van der Waals surface area contributed by atoms with Crippen molar-refractivity contribution in [2.24, 2.45) is 0 Å². The number of amides is 1. The summed E-state index contributed by atoms with van der Waals surface area (Å²) in [6.45, 7) is 4.59. The van der Waals surface area contributed by atoms with Crippen LogP contribution < -0.4 is 5.32 Å². The van der Waals surface area contributed by atoms with Crippen LogP contribution in [-0.4, -0.2) is 61.5 Å². The molecule has 0 aliphatic carbocycles. The normalized spacial score (nSPS) is 22.9. The van der Waals surface area contributed by atoms with Crippen molar-refractivity contribution in [2.75, 3.05) is 39.8 Å². The highest BCUT2D eigenvalue weighted by Gasteiger charge is 2.25. The van der Waals surface area contributed by atoms with Gasteiger partial charge in [0, 0.05) is 32.2 Å². The van der Waals surface area contributed by atoms with Crippen LogP contribution in [0.25, 0.3) is 0 Å². The molecule has 2 aliphatic rings. The summed E-state index contributed by atoms with van der Waals surface area (Å²) in [6.07, 6.45) is 2.36. The Hall–Kier alpha value is -0.610. The Labute approximate surface area is 85.2 Å². The highest BCUT2D eigenvalue weighted by atomic mass is 16.2. The van der Waals surface area contributed by atoms with Gasteiger partial charge in [-0.1, -0.05) is 0 Å². The Morgan fingerprint density at radius 1 is 1.43 bits per heavy atom. The molecule has 0 atom stereocenters. The fourth-order valence-electron chi connectivity index (χ4n) is 1.99. The van der Waals surface area contributed by atoms with E-state index in [1.54, 1.807) is 0 Å². The number of likely N-dealkylation sites (tertiary alicyclic amines) is 1. The maximum Gasteiger partial charge on any atom is 0.236 e. The van der Waals surface area contributed by atoms with E-state index in [-0.39, 0.29) is 0 Å². The Morgan fingerprint density at radius 2 is 2.07 bits per heavy atom. The van der Waals surface area contributed by atoms with E-state index in [0.29, 0.717) is 18.5 Å². The van der Waals surface area contributed by atoms with Crippen LogP contribution in [0.15, 0.2) is 0 Å². The summed E-state index contributed by atoms with van der Waals surface area (Å²) in [5.74, 6) is 0.303. The first kappa shape index (κ1) is 9.93. The minimum Gasteiger partial charge on any atom is -0.342 e. The van der Waals surface area contributed by atoms with E-state index in [4.69, 9.17) is 0 Å². The molecule has 0 aromatic carbocycles. The molecule has 0 radical (unpaired) electrons. The second kappa shape index (κ2) is 4.28. The molecule has 2 aliphatic heterocycles. The number of carbonyl (C=O) groups is 1. The second-order valence-electron chi connectivity index (χ2n) is 4.32. The highest BCUT2D eigenvalue weighted by Crippen LogP contribution is 2.09. The van der Waals surface area contributed by atoms with E-state index < -0.39 is 0 Å². The maximum absolute atomic E-state index is 11.8. The number of nitrogens with zero attached hydrogens (tertiary/aromatic N) is 2. The number of nitrogens with one attached hydrogen (secondary N) is 1. The van der Waals surface area contributed by atoms with E-state index >= 15 is 0 Å². The third-order valence-corrected chi connectivity index (χ3v) is 3.23. The second-order valence-corrected chi connectivity index (χ2v) is 4.32. The van der Waals surface area contributed by atoms with Gasteiger partial charge in [-0.25, -0.2) is 0 Å². The number of hydrogen-bond donors (Lipinski definition) is 1. The Bertz CT molecular complexity index is 209. The molecule has 0 spiro atoms. The monoisotopic (exact) mass is 197 g/mol. The fraction of sp³-hybridized carbons (Fsp3) is 0.900. The lowest BCUT2D eigenvalue weighted by Crippen LogP contribution is -2.57. The van der Waals surface area contributed by atoms with Gasteiger partial charge < -0.3 is 10.2 Å². The van der Waals surface area contributed by atoms with E-state index in [1.807, 2.05) is 11.9 Å². The molecule has 0 unspecified atom stereocenters. The van der Waals surface area contributed by atoms with Crippen LogP contribution in [0.2, 0.25) is 0 Å². The van der Waals surface area contributed by atoms with Gasteiger partial charge in [-0.05, 0) is 19.9 Å². The minimum absolute atomic E-state index is 0.303. The number of carbonyl (C=O) groups excluding carboxylic acids is 1. The van der Waals surface area contributed by atoms with Gasteiger partial charge in [0.1, 0.15) is 0 Å². The molecular weight excluding hydrogens is 178 g/mol. The molecule has 1 N–H and O–H groups in total. The fourth-order valence-corrected chi connectivity index (χ4v) is 1.99. The third-order valence-electron chi connectivity index (χ3n) is 3.23. The van der Waals surface area contributed by atoms with Crippen LogP contribution in [0, 0.1) is 0 Å². The summed E-state index contributed by atoms with van der Waals surface area (Å²) >= 11 is 0. The van der Waals surface area contributed by atoms with Crippen molar-refractivity contribution in [3.8, 4) is 0 Å². The van der Waals surface area contributed by atoms with E-state index in [2.05, 4.69) is 10.2 Å². The van der Waals surface area contributed by atoms with Crippen molar-refractivity contribution < 1.29 is 4.79 Å². The third kappa shape index (κ3) is 2.07. The zero-order valence-electron chi connectivity index (χ0n) is 8.83. The number of rotatable bonds is 3. The van der Waals surface area contributed by atoms with Crippen LogP contribution >= 0.6 is 0 Å². The van der Waals surface area contributed by atoms with Crippen molar-refractivity contribution in [1.82, 2.24) is 15.1 Å². The summed E-state index contributed by atoms with van der Waals surface area (Å²) in [4.78, 5) is 15.9. The maximum atomic E-state index is 11.8. The molecule has 0 aromatic heterocycles. The highest BCUT2D eigenvalue weighted by molar-refractivity contribution is 5.78. The zero-order valence-corrected chi connectivity index (χ0v) is 8.83. The Kier molecular flexibility index (Phi) is 3.03. The molecule has 0 aromatic rings. The molecule has 0 saturated carbocycles. The average Bonchev–Trinajstić information content (AvgIpc) is 2.51. The van der Waals surface area contributed by atoms with Crippen LogP contribution in [0.4, 0.5) is 0 Å². The van der Waals surface area contributed by atoms with E-state index in [0.717, 1.165) is 26.2 Å². The molecule has 14 heavy (non-hydrogen) atoms.